The van der Waals surface area contributed by atoms with Crippen molar-refractivity contribution in [1.82, 2.24) is 9.97 Å². The highest BCUT2D eigenvalue weighted by atomic mass is 32.1. The number of anilines is 3. The second-order valence-corrected chi connectivity index (χ2v) is 6.20. The summed E-state index contributed by atoms with van der Waals surface area (Å²) >= 11 is 1.50. The summed E-state index contributed by atoms with van der Waals surface area (Å²) in [5.74, 6) is -0.185. The number of amides is 1. The van der Waals surface area contributed by atoms with Crippen LogP contribution in [-0.4, -0.2) is 26.1 Å². The summed E-state index contributed by atoms with van der Waals surface area (Å²) in [7, 11) is 0. The van der Waals surface area contributed by atoms with Gasteiger partial charge in [-0.1, -0.05) is 0 Å². The fraction of sp³-hybridized carbons (Fsp3) is 0.0625. The standard InChI is InChI=1S/C16H12N4O3S/c21-11-2-1-9(6-12(11)22)18-16-17-7-8-5-13(23)19-10-3-4-24-15(10)14(8)20-16/h1-4,6-7,21-22H,5H2,(H,19,23)(H,17,18,20). The fourth-order valence-corrected chi connectivity index (χ4v) is 3.36. The fourth-order valence-electron chi connectivity index (χ4n) is 2.48. The summed E-state index contributed by atoms with van der Waals surface area (Å²) < 4.78 is 0. The summed E-state index contributed by atoms with van der Waals surface area (Å²) in [5.41, 5.74) is 2.75. The molecule has 3 heterocycles. The van der Waals surface area contributed by atoms with Gasteiger partial charge in [-0.05, 0) is 23.6 Å². The second kappa shape index (κ2) is 5.50. The number of phenolic OH excluding ortho intramolecular Hbond substituents is 2. The van der Waals surface area contributed by atoms with Gasteiger partial charge in [0.1, 0.15) is 0 Å². The maximum absolute atomic E-state index is 11.9. The Bertz CT molecular complexity index is 954. The summed E-state index contributed by atoms with van der Waals surface area (Å²) in [4.78, 5) is 21.6. The van der Waals surface area contributed by atoms with Crippen molar-refractivity contribution in [3.63, 3.8) is 0 Å². The molecule has 8 heteroatoms. The average molecular weight is 340 g/mol. The van der Waals surface area contributed by atoms with Gasteiger partial charge in [-0.15, -0.1) is 11.3 Å². The Morgan fingerprint density at radius 2 is 2.08 bits per heavy atom. The van der Waals surface area contributed by atoms with Crippen LogP contribution >= 0.6 is 11.3 Å². The number of aromatic hydroxyl groups is 2. The number of fused-ring (bicyclic) bond motifs is 3. The predicted molar refractivity (Wildman–Crippen MR) is 90.7 cm³/mol. The first-order valence-electron chi connectivity index (χ1n) is 7.13. The van der Waals surface area contributed by atoms with Crippen molar-refractivity contribution in [2.45, 2.75) is 6.42 Å². The molecule has 4 N–H and O–H groups in total. The summed E-state index contributed by atoms with van der Waals surface area (Å²) in [6, 6.07) is 6.21. The van der Waals surface area contributed by atoms with Crippen LogP contribution in [0.2, 0.25) is 0 Å². The number of phenols is 2. The predicted octanol–water partition coefficient (Wildman–Crippen LogP) is 2.85. The Morgan fingerprint density at radius 1 is 1.21 bits per heavy atom. The maximum atomic E-state index is 11.9. The number of hydrogen-bond acceptors (Lipinski definition) is 7. The van der Waals surface area contributed by atoms with Gasteiger partial charge in [-0.3, -0.25) is 4.79 Å². The number of thiophene rings is 1. The molecule has 0 bridgehead atoms. The van der Waals surface area contributed by atoms with Gasteiger partial charge in [0.05, 0.1) is 22.7 Å². The number of nitrogens with one attached hydrogen (secondary N) is 2. The molecule has 1 aliphatic rings. The van der Waals surface area contributed by atoms with Crippen LogP contribution in [0.4, 0.5) is 17.3 Å². The largest absolute Gasteiger partial charge is 0.504 e. The quantitative estimate of drug-likeness (QED) is 0.422. The SMILES string of the molecule is O=C1Cc2cnc(Nc3ccc(O)c(O)c3)nc2-c2sccc2N1. The van der Waals surface area contributed by atoms with Crippen LogP contribution < -0.4 is 10.6 Å². The highest BCUT2D eigenvalue weighted by Crippen LogP contribution is 2.37. The van der Waals surface area contributed by atoms with Gasteiger partial charge in [-0.2, -0.15) is 0 Å². The molecule has 0 unspecified atom stereocenters. The topological polar surface area (TPSA) is 107 Å². The summed E-state index contributed by atoms with van der Waals surface area (Å²) in [5, 5.41) is 26.7. The van der Waals surface area contributed by atoms with Gasteiger partial charge in [0.25, 0.3) is 0 Å². The van der Waals surface area contributed by atoms with Gasteiger partial charge >= 0.3 is 0 Å². The molecule has 1 aliphatic heterocycles. The zero-order valence-corrected chi connectivity index (χ0v) is 13.1. The molecule has 3 aromatic rings. The van der Waals surface area contributed by atoms with E-state index >= 15 is 0 Å². The number of rotatable bonds is 2. The average Bonchev–Trinajstić information content (AvgIpc) is 2.95. The Labute approximate surface area is 140 Å². The van der Waals surface area contributed by atoms with E-state index in [1.54, 1.807) is 12.3 Å². The van der Waals surface area contributed by atoms with Crippen LogP contribution in [-0.2, 0) is 11.2 Å². The molecule has 7 nitrogen and oxygen atoms in total. The third-order valence-electron chi connectivity index (χ3n) is 3.60. The third-order valence-corrected chi connectivity index (χ3v) is 4.52. The van der Waals surface area contributed by atoms with E-state index < -0.39 is 0 Å². The van der Waals surface area contributed by atoms with Crippen molar-refractivity contribution in [3.05, 3.63) is 41.4 Å². The van der Waals surface area contributed by atoms with E-state index in [0.717, 1.165) is 16.1 Å². The lowest BCUT2D eigenvalue weighted by atomic mass is 10.1. The molecule has 24 heavy (non-hydrogen) atoms. The zero-order chi connectivity index (χ0) is 16.7. The molecule has 0 spiro atoms. The van der Waals surface area contributed by atoms with Crippen molar-refractivity contribution in [2.75, 3.05) is 10.6 Å². The van der Waals surface area contributed by atoms with Gasteiger partial charge in [0, 0.05) is 23.5 Å². The molecule has 0 saturated carbocycles. The first-order valence-corrected chi connectivity index (χ1v) is 8.01. The zero-order valence-electron chi connectivity index (χ0n) is 12.3. The molecule has 120 valence electrons. The van der Waals surface area contributed by atoms with Crippen LogP contribution in [0.3, 0.4) is 0 Å². The molecule has 0 atom stereocenters. The number of aromatic nitrogens is 2. The number of carbonyl (C=O) groups excluding carboxylic acids is 1. The van der Waals surface area contributed by atoms with Crippen molar-refractivity contribution in [1.29, 1.82) is 0 Å². The van der Waals surface area contributed by atoms with E-state index in [9.17, 15) is 15.0 Å². The summed E-state index contributed by atoms with van der Waals surface area (Å²) in [6.45, 7) is 0. The van der Waals surface area contributed by atoms with Crippen LogP contribution in [0.5, 0.6) is 11.5 Å². The Morgan fingerprint density at radius 3 is 2.92 bits per heavy atom. The minimum atomic E-state index is -0.231. The van der Waals surface area contributed by atoms with Crippen LogP contribution in [0, 0.1) is 0 Å². The van der Waals surface area contributed by atoms with Crippen molar-refractivity contribution >= 4 is 34.6 Å². The van der Waals surface area contributed by atoms with E-state index in [4.69, 9.17) is 0 Å². The number of carbonyl (C=O) groups is 1. The normalized spacial score (nSPS) is 12.8. The Balaban J connectivity index is 1.74. The first-order chi connectivity index (χ1) is 11.6. The second-order valence-electron chi connectivity index (χ2n) is 5.28. The minimum Gasteiger partial charge on any atom is -0.504 e. The van der Waals surface area contributed by atoms with Gasteiger partial charge in [0.15, 0.2) is 11.5 Å². The third kappa shape index (κ3) is 2.52. The van der Waals surface area contributed by atoms with Crippen LogP contribution in [0.15, 0.2) is 35.8 Å². The smallest absolute Gasteiger partial charge is 0.228 e. The molecule has 2 aromatic heterocycles. The number of hydrogen-bond donors (Lipinski definition) is 4. The van der Waals surface area contributed by atoms with E-state index in [1.165, 1.54) is 23.5 Å². The lowest BCUT2D eigenvalue weighted by Gasteiger charge is -2.09. The molecule has 0 aliphatic carbocycles. The van der Waals surface area contributed by atoms with Crippen molar-refractivity contribution in [2.24, 2.45) is 0 Å². The summed E-state index contributed by atoms with van der Waals surface area (Å²) in [6.07, 6.45) is 1.84. The highest BCUT2D eigenvalue weighted by molar-refractivity contribution is 7.14. The number of benzene rings is 1. The molecule has 4 rings (SSSR count). The van der Waals surface area contributed by atoms with Gasteiger partial charge in [-0.25, -0.2) is 9.97 Å². The van der Waals surface area contributed by atoms with E-state index in [1.807, 2.05) is 11.4 Å². The van der Waals surface area contributed by atoms with Gasteiger partial charge < -0.3 is 20.8 Å². The van der Waals surface area contributed by atoms with Crippen molar-refractivity contribution < 1.29 is 15.0 Å². The van der Waals surface area contributed by atoms with Crippen LogP contribution in [0.1, 0.15) is 5.56 Å². The molecular formula is C16H12N4O3S. The highest BCUT2D eigenvalue weighted by Gasteiger charge is 2.22. The van der Waals surface area contributed by atoms with Crippen LogP contribution in [0.25, 0.3) is 10.6 Å². The number of nitrogens with zero attached hydrogens (tertiary/aromatic N) is 2. The van der Waals surface area contributed by atoms with Crippen molar-refractivity contribution in [3.8, 4) is 22.1 Å². The first kappa shape index (κ1) is 14.5. The Hall–Kier alpha value is -3.13. The molecule has 1 amide bonds. The Kier molecular flexibility index (Phi) is 3.31. The van der Waals surface area contributed by atoms with E-state index in [-0.39, 0.29) is 23.8 Å². The molecular weight excluding hydrogens is 328 g/mol. The lowest BCUT2D eigenvalue weighted by Crippen LogP contribution is -2.12. The van der Waals surface area contributed by atoms with Gasteiger partial charge in [0.2, 0.25) is 11.9 Å². The van der Waals surface area contributed by atoms with E-state index in [2.05, 4.69) is 20.6 Å². The minimum absolute atomic E-state index is 0.0961. The lowest BCUT2D eigenvalue weighted by molar-refractivity contribution is -0.115. The maximum Gasteiger partial charge on any atom is 0.228 e. The molecule has 0 saturated heterocycles. The molecule has 0 fully saturated rings. The van der Waals surface area contributed by atoms with E-state index in [0.29, 0.717) is 17.3 Å². The molecule has 1 aromatic carbocycles. The molecule has 0 radical (unpaired) electrons. The monoisotopic (exact) mass is 340 g/mol.